The number of hydrogen-bond donors (Lipinski definition) is 0. The van der Waals surface area contributed by atoms with E-state index in [0.29, 0.717) is 0 Å². The maximum atomic E-state index is 6.93. The van der Waals surface area contributed by atoms with Crippen molar-refractivity contribution in [2.45, 2.75) is 163 Å². The highest BCUT2D eigenvalue weighted by Gasteiger charge is 2.49. The smallest absolute Gasteiger partial charge is 0.252 e. The molecular weight excluding hydrogens is 787 g/mol. The monoisotopic (exact) mass is 857 g/mol. The molecule has 332 valence electrons. The fourth-order valence-corrected chi connectivity index (χ4v) is 12.9. The Kier molecular flexibility index (Phi) is 8.64. The van der Waals surface area contributed by atoms with E-state index in [0.717, 1.165) is 17.6 Å². The molecule has 0 fully saturated rings. The van der Waals surface area contributed by atoms with Gasteiger partial charge in [-0.25, -0.2) is 0 Å². The van der Waals surface area contributed by atoms with E-state index >= 15 is 0 Å². The van der Waals surface area contributed by atoms with Gasteiger partial charge < -0.3 is 14.2 Å². The summed E-state index contributed by atoms with van der Waals surface area (Å²) in [7, 11) is 0. The molecule has 0 spiro atoms. The number of hydrogen-bond acceptors (Lipinski definition) is 3. The molecule has 0 amide bonds. The molecule has 3 heterocycles. The number of anilines is 6. The van der Waals surface area contributed by atoms with Crippen molar-refractivity contribution in [1.82, 2.24) is 0 Å². The van der Waals surface area contributed by atoms with E-state index in [1.165, 1.54) is 119 Å². The standard InChI is InChI=1S/C61H69BN2O/c1-35-19-17-18-20-47(35)63-49-29-40-39-26-37(56(3,4)5)21-22-53(39)65-54(40)33-46(49)62-45-30-42-44(61(15,16)34-60(42,13)14)32-50(45)64(52-28-38(57(6,7)8)27-51(63)55(52)62)48-31-43-41(25-36(48)2)58(9,10)23-24-59(43,11)12/h17-22,25-33H,23-24,34H2,1-16H3. The average Bonchev–Trinajstić information content (AvgIpc) is 3.66. The summed E-state index contributed by atoms with van der Waals surface area (Å²) in [5.74, 6) is 0. The van der Waals surface area contributed by atoms with E-state index < -0.39 is 0 Å². The second kappa shape index (κ2) is 13.2. The first-order chi connectivity index (χ1) is 30.3. The molecule has 0 N–H and O–H groups in total. The number of nitrogens with zero attached hydrogens (tertiary/aromatic N) is 2. The van der Waals surface area contributed by atoms with Gasteiger partial charge in [-0.1, -0.05) is 133 Å². The van der Waals surface area contributed by atoms with Crippen LogP contribution >= 0.6 is 0 Å². The molecule has 0 saturated carbocycles. The van der Waals surface area contributed by atoms with Crippen molar-refractivity contribution in [1.29, 1.82) is 0 Å². The zero-order valence-electron chi connectivity index (χ0n) is 42.2. The molecule has 0 bridgehead atoms. The Morgan fingerprint density at radius 2 is 0.985 bits per heavy atom. The van der Waals surface area contributed by atoms with Gasteiger partial charge in [0.15, 0.2) is 0 Å². The van der Waals surface area contributed by atoms with E-state index in [-0.39, 0.29) is 39.2 Å². The normalized spacial score (nSPS) is 18.7. The Balaban J connectivity index is 1.31. The Labute approximate surface area is 389 Å². The van der Waals surface area contributed by atoms with Crippen molar-refractivity contribution in [3.63, 3.8) is 0 Å². The van der Waals surface area contributed by atoms with Crippen molar-refractivity contribution < 1.29 is 4.42 Å². The van der Waals surface area contributed by atoms with Crippen LogP contribution in [0.25, 0.3) is 21.9 Å². The molecule has 6 aromatic carbocycles. The van der Waals surface area contributed by atoms with Crippen LogP contribution in [0, 0.1) is 13.8 Å². The third kappa shape index (κ3) is 6.13. The molecule has 2 aliphatic heterocycles. The lowest BCUT2D eigenvalue weighted by molar-refractivity contribution is 0.332. The number of para-hydroxylation sites is 1. The lowest BCUT2D eigenvalue weighted by Gasteiger charge is -2.47. The molecule has 65 heavy (non-hydrogen) atoms. The summed E-state index contributed by atoms with van der Waals surface area (Å²) in [6.45, 7) is 38.4. The molecule has 0 unspecified atom stereocenters. The van der Waals surface area contributed by atoms with Crippen molar-refractivity contribution in [2.75, 3.05) is 9.80 Å². The van der Waals surface area contributed by atoms with Crippen LogP contribution in [0.4, 0.5) is 34.1 Å². The number of rotatable bonds is 2. The maximum absolute atomic E-state index is 6.93. The number of benzene rings is 6. The van der Waals surface area contributed by atoms with Crippen LogP contribution in [-0.2, 0) is 32.5 Å². The highest BCUT2D eigenvalue weighted by atomic mass is 16.3. The zero-order chi connectivity index (χ0) is 46.3. The highest BCUT2D eigenvalue weighted by Crippen LogP contribution is 2.55. The predicted molar refractivity (Wildman–Crippen MR) is 281 cm³/mol. The summed E-state index contributed by atoms with van der Waals surface area (Å²) in [5, 5.41) is 2.35. The minimum atomic E-state index is -0.112. The lowest BCUT2D eigenvalue weighted by Crippen LogP contribution is -2.61. The van der Waals surface area contributed by atoms with E-state index in [1.54, 1.807) is 0 Å². The Morgan fingerprint density at radius 3 is 1.62 bits per heavy atom. The molecule has 4 aliphatic rings. The number of furan rings is 1. The predicted octanol–water partition coefficient (Wildman–Crippen LogP) is 15.2. The first-order valence-corrected chi connectivity index (χ1v) is 24.5. The first kappa shape index (κ1) is 42.4. The second-order valence-electron chi connectivity index (χ2n) is 25.4. The Morgan fingerprint density at radius 1 is 0.462 bits per heavy atom. The summed E-state index contributed by atoms with van der Waals surface area (Å²) < 4.78 is 6.93. The largest absolute Gasteiger partial charge is 0.456 e. The van der Waals surface area contributed by atoms with Crippen LogP contribution in [0.5, 0.6) is 0 Å². The summed E-state index contributed by atoms with van der Waals surface area (Å²) in [6, 6.07) is 36.3. The van der Waals surface area contributed by atoms with Gasteiger partial charge in [-0.2, -0.15) is 0 Å². The molecule has 0 atom stereocenters. The summed E-state index contributed by atoms with van der Waals surface area (Å²) in [6.07, 6.45) is 3.49. The summed E-state index contributed by atoms with van der Waals surface area (Å²) in [4.78, 5) is 5.35. The van der Waals surface area contributed by atoms with E-state index in [4.69, 9.17) is 4.42 Å². The highest BCUT2D eigenvalue weighted by molar-refractivity contribution is 7.00. The fraction of sp³-hybridized carbons (Fsp3) is 0.410. The van der Waals surface area contributed by atoms with Gasteiger partial charge in [0.25, 0.3) is 6.71 Å². The number of aryl methyl sites for hydroxylation is 2. The van der Waals surface area contributed by atoms with Crippen molar-refractivity contribution in [3.05, 3.63) is 136 Å². The van der Waals surface area contributed by atoms with E-state index in [1.807, 2.05) is 0 Å². The van der Waals surface area contributed by atoms with Crippen LogP contribution in [0.2, 0.25) is 0 Å². The van der Waals surface area contributed by atoms with Crippen LogP contribution in [0.15, 0.2) is 95.4 Å². The molecular formula is C61H69BN2O. The van der Waals surface area contributed by atoms with Gasteiger partial charge in [0.1, 0.15) is 11.2 Å². The van der Waals surface area contributed by atoms with Gasteiger partial charge in [0.2, 0.25) is 0 Å². The van der Waals surface area contributed by atoms with Gasteiger partial charge in [0.05, 0.1) is 0 Å². The first-order valence-electron chi connectivity index (χ1n) is 24.5. The molecule has 1 aromatic heterocycles. The Hall–Kier alpha value is -5.22. The molecule has 11 rings (SSSR count). The van der Waals surface area contributed by atoms with Gasteiger partial charge in [-0.3, -0.25) is 0 Å². The third-order valence-corrected chi connectivity index (χ3v) is 16.6. The molecule has 2 aliphatic carbocycles. The third-order valence-electron chi connectivity index (χ3n) is 16.6. The van der Waals surface area contributed by atoms with Crippen LogP contribution in [-0.4, -0.2) is 6.71 Å². The van der Waals surface area contributed by atoms with Gasteiger partial charge >= 0.3 is 0 Å². The van der Waals surface area contributed by atoms with Crippen LogP contribution in [0.1, 0.15) is 161 Å². The molecule has 3 nitrogen and oxygen atoms in total. The molecule has 4 heteroatoms. The van der Waals surface area contributed by atoms with Crippen LogP contribution < -0.4 is 26.2 Å². The molecule has 0 radical (unpaired) electrons. The average molecular weight is 857 g/mol. The minimum absolute atomic E-state index is 0.0144. The van der Waals surface area contributed by atoms with Crippen molar-refractivity contribution in [3.8, 4) is 0 Å². The molecule has 0 saturated heterocycles. The van der Waals surface area contributed by atoms with Gasteiger partial charge in [-0.15, -0.1) is 0 Å². The van der Waals surface area contributed by atoms with E-state index in [2.05, 4.69) is 212 Å². The molecule has 7 aromatic rings. The summed E-state index contributed by atoms with van der Waals surface area (Å²) >= 11 is 0. The van der Waals surface area contributed by atoms with E-state index in [9.17, 15) is 0 Å². The number of fused-ring (bicyclic) bond motifs is 9. The minimum Gasteiger partial charge on any atom is -0.456 e. The van der Waals surface area contributed by atoms with Crippen LogP contribution in [0.3, 0.4) is 0 Å². The Bertz CT molecular complexity index is 3190. The van der Waals surface area contributed by atoms with Gasteiger partial charge in [-0.05, 0) is 181 Å². The quantitative estimate of drug-likeness (QED) is 0.162. The fourth-order valence-electron chi connectivity index (χ4n) is 12.9. The maximum Gasteiger partial charge on any atom is 0.252 e. The van der Waals surface area contributed by atoms with Gasteiger partial charge in [0, 0.05) is 44.9 Å². The summed E-state index contributed by atoms with van der Waals surface area (Å²) in [5.41, 5.74) is 25.0. The topological polar surface area (TPSA) is 19.6 Å². The second-order valence-corrected chi connectivity index (χ2v) is 25.4. The SMILES string of the molecule is Cc1ccccc1N1c2cc3c(cc2B2c4cc5c(cc4N(c4cc6c(cc4C)C(C)(C)CCC6(C)C)c4cc(C(C)(C)C)cc1c42)C(C)(C)CC5(C)C)oc1ccc(C(C)(C)C)cc13. The van der Waals surface area contributed by atoms with Crippen molar-refractivity contribution in [2.24, 2.45) is 0 Å². The lowest BCUT2D eigenvalue weighted by atomic mass is 9.33. The zero-order valence-corrected chi connectivity index (χ0v) is 42.2. The van der Waals surface area contributed by atoms with Crippen molar-refractivity contribution >= 4 is 79.2 Å².